The first-order chi connectivity index (χ1) is 7.43. The maximum atomic E-state index is 4.48. The lowest BCUT2D eigenvalue weighted by Gasteiger charge is -2.28. The summed E-state index contributed by atoms with van der Waals surface area (Å²) in [4.78, 5) is 10.0. The highest BCUT2D eigenvalue weighted by molar-refractivity contribution is 5.80. The number of nitrogens with zero attached hydrogens (tertiary/aromatic N) is 2. The summed E-state index contributed by atoms with van der Waals surface area (Å²) in [7, 11) is 0. The molecular formula is C11H14N4. The number of aromatic nitrogens is 2. The van der Waals surface area contributed by atoms with Gasteiger partial charge in [-0.1, -0.05) is 0 Å². The van der Waals surface area contributed by atoms with E-state index in [1.54, 1.807) is 0 Å². The van der Waals surface area contributed by atoms with Crippen molar-refractivity contribution >= 4 is 16.7 Å². The molecule has 0 aromatic carbocycles. The van der Waals surface area contributed by atoms with Crippen LogP contribution in [0.2, 0.25) is 0 Å². The molecule has 0 atom stereocenters. The first-order valence-electron chi connectivity index (χ1n) is 5.32. The van der Waals surface area contributed by atoms with Crippen molar-refractivity contribution in [1.29, 1.82) is 0 Å². The maximum absolute atomic E-state index is 4.48. The summed E-state index contributed by atoms with van der Waals surface area (Å²) in [6, 6.07) is 4.17. The van der Waals surface area contributed by atoms with E-state index in [9.17, 15) is 0 Å². The van der Waals surface area contributed by atoms with E-state index in [4.69, 9.17) is 0 Å². The molecule has 15 heavy (non-hydrogen) atoms. The number of hydrogen-bond donors (Lipinski definition) is 2. The van der Waals surface area contributed by atoms with Gasteiger partial charge in [0.05, 0.1) is 5.52 Å². The molecule has 0 bridgehead atoms. The number of nitrogens with one attached hydrogen (secondary N) is 2. The summed E-state index contributed by atoms with van der Waals surface area (Å²) < 4.78 is 0. The molecule has 1 aliphatic heterocycles. The molecule has 0 saturated carbocycles. The number of aromatic amines is 1. The van der Waals surface area contributed by atoms with Crippen molar-refractivity contribution in [2.24, 2.45) is 0 Å². The summed E-state index contributed by atoms with van der Waals surface area (Å²) in [5.41, 5.74) is 1.17. The van der Waals surface area contributed by atoms with Crippen LogP contribution in [0.1, 0.15) is 0 Å². The molecule has 1 saturated heterocycles. The second kappa shape index (κ2) is 3.55. The van der Waals surface area contributed by atoms with Crippen LogP contribution in [0.4, 0.5) is 5.82 Å². The molecule has 4 nitrogen and oxygen atoms in total. The van der Waals surface area contributed by atoms with E-state index in [2.05, 4.69) is 26.3 Å². The van der Waals surface area contributed by atoms with E-state index in [1.165, 1.54) is 10.9 Å². The van der Waals surface area contributed by atoms with Gasteiger partial charge in [0.15, 0.2) is 0 Å². The Hall–Kier alpha value is -1.55. The van der Waals surface area contributed by atoms with E-state index >= 15 is 0 Å². The lowest BCUT2D eigenvalue weighted by molar-refractivity contribution is 0.585. The summed E-state index contributed by atoms with van der Waals surface area (Å²) in [5.74, 6) is 1.08. The van der Waals surface area contributed by atoms with Gasteiger partial charge >= 0.3 is 0 Å². The van der Waals surface area contributed by atoms with Gasteiger partial charge in [0.1, 0.15) is 5.82 Å². The number of fused-ring (bicyclic) bond motifs is 1. The smallest absolute Gasteiger partial charge is 0.130 e. The van der Waals surface area contributed by atoms with Crippen molar-refractivity contribution in [1.82, 2.24) is 15.3 Å². The molecule has 1 fully saturated rings. The van der Waals surface area contributed by atoms with Gasteiger partial charge in [-0.05, 0) is 6.07 Å². The van der Waals surface area contributed by atoms with Crippen LogP contribution < -0.4 is 10.2 Å². The number of H-pyrrole nitrogens is 1. The zero-order valence-corrected chi connectivity index (χ0v) is 8.53. The Morgan fingerprint density at radius 1 is 1.27 bits per heavy atom. The van der Waals surface area contributed by atoms with Crippen LogP contribution in [0.15, 0.2) is 24.5 Å². The molecule has 0 amide bonds. The lowest BCUT2D eigenvalue weighted by Crippen LogP contribution is -2.43. The quantitative estimate of drug-likeness (QED) is 0.724. The van der Waals surface area contributed by atoms with Gasteiger partial charge in [-0.3, -0.25) is 0 Å². The van der Waals surface area contributed by atoms with Crippen LogP contribution in [-0.4, -0.2) is 36.1 Å². The third kappa shape index (κ3) is 1.57. The molecule has 1 aliphatic rings. The Kier molecular flexibility index (Phi) is 2.07. The van der Waals surface area contributed by atoms with Gasteiger partial charge in [-0.25, -0.2) is 4.98 Å². The van der Waals surface area contributed by atoms with Crippen molar-refractivity contribution in [2.45, 2.75) is 0 Å². The largest absolute Gasteiger partial charge is 0.361 e. The van der Waals surface area contributed by atoms with E-state index < -0.39 is 0 Å². The summed E-state index contributed by atoms with van der Waals surface area (Å²) in [5, 5.41) is 4.51. The molecule has 3 rings (SSSR count). The number of anilines is 1. The Balaban J connectivity index is 1.95. The van der Waals surface area contributed by atoms with Crippen molar-refractivity contribution in [2.75, 3.05) is 31.1 Å². The molecule has 0 aliphatic carbocycles. The fourth-order valence-electron chi connectivity index (χ4n) is 2.00. The molecule has 0 spiro atoms. The Labute approximate surface area is 88.3 Å². The first kappa shape index (κ1) is 8.73. The van der Waals surface area contributed by atoms with Crippen LogP contribution in [0.25, 0.3) is 10.9 Å². The molecule has 2 aromatic heterocycles. The van der Waals surface area contributed by atoms with Gasteiger partial charge in [0.25, 0.3) is 0 Å². The number of piperazine rings is 1. The van der Waals surface area contributed by atoms with Crippen molar-refractivity contribution in [3.8, 4) is 0 Å². The van der Waals surface area contributed by atoms with Crippen molar-refractivity contribution in [3.05, 3.63) is 24.5 Å². The highest BCUT2D eigenvalue weighted by Crippen LogP contribution is 2.18. The number of pyridine rings is 1. The van der Waals surface area contributed by atoms with Crippen LogP contribution in [-0.2, 0) is 0 Å². The number of rotatable bonds is 1. The van der Waals surface area contributed by atoms with Crippen LogP contribution >= 0.6 is 0 Å². The van der Waals surface area contributed by atoms with Gasteiger partial charge < -0.3 is 15.2 Å². The van der Waals surface area contributed by atoms with Crippen LogP contribution in [0, 0.1) is 0 Å². The summed E-state index contributed by atoms with van der Waals surface area (Å²) in [6.45, 7) is 4.17. The molecule has 78 valence electrons. The van der Waals surface area contributed by atoms with Gasteiger partial charge in [-0.15, -0.1) is 0 Å². The highest BCUT2D eigenvalue weighted by Gasteiger charge is 2.11. The third-order valence-corrected chi connectivity index (χ3v) is 2.86. The standard InChI is InChI=1S/C11H14N4/c1-2-13-10-7-11(14-8-9(1)10)15-5-3-12-4-6-15/h1-2,7-8,12-13H,3-6H2. The molecule has 4 heteroatoms. The molecule has 2 aromatic rings. The number of hydrogen-bond acceptors (Lipinski definition) is 3. The monoisotopic (exact) mass is 202 g/mol. The topological polar surface area (TPSA) is 44.0 Å². The minimum absolute atomic E-state index is 1.04. The fourth-order valence-corrected chi connectivity index (χ4v) is 2.00. The van der Waals surface area contributed by atoms with E-state index in [0.717, 1.165) is 32.0 Å². The second-order valence-corrected chi connectivity index (χ2v) is 3.84. The van der Waals surface area contributed by atoms with Crippen molar-refractivity contribution < 1.29 is 0 Å². The molecule has 3 heterocycles. The van der Waals surface area contributed by atoms with Gasteiger partial charge in [0, 0.05) is 50.0 Å². The normalized spacial score (nSPS) is 17.2. The average molecular weight is 202 g/mol. The predicted octanol–water partition coefficient (Wildman–Crippen LogP) is 0.972. The van der Waals surface area contributed by atoms with Crippen LogP contribution in [0.3, 0.4) is 0 Å². The molecule has 0 radical (unpaired) electrons. The predicted molar refractivity (Wildman–Crippen MR) is 61.2 cm³/mol. The molecule has 2 N–H and O–H groups in total. The van der Waals surface area contributed by atoms with Gasteiger partial charge in [-0.2, -0.15) is 0 Å². The average Bonchev–Trinajstić information content (AvgIpc) is 2.77. The highest BCUT2D eigenvalue weighted by atomic mass is 15.2. The first-order valence-corrected chi connectivity index (χ1v) is 5.32. The molecular weight excluding hydrogens is 188 g/mol. The lowest BCUT2D eigenvalue weighted by atomic mass is 10.3. The van der Waals surface area contributed by atoms with Gasteiger partial charge in [0.2, 0.25) is 0 Å². The Bertz CT molecular complexity index is 456. The second-order valence-electron chi connectivity index (χ2n) is 3.84. The zero-order valence-electron chi connectivity index (χ0n) is 8.53. The third-order valence-electron chi connectivity index (χ3n) is 2.86. The Morgan fingerprint density at radius 3 is 3.00 bits per heavy atom. The van der Waals surface area contributed by atoms with E-state index in [0.29, 0.717) is 0 Å². The van der Waals surface area contributed by atoms with E-state index in [-0.39, 0.29) is 0 Å². The zero-order chi connectivity index (χ0) is 10.1. The minimum atomic E-state index is 1.04. The SMILES string of the molecule is c1cc2cnc(N3CCNCC3)cc2[nH]1. The van der Waals surface area contributed by atoms with Crippen LogP contribution in [0.5, 0.6) is 0 Å². The molecule has 0 unspecified atom stereocenters. The van der Waals surface area contributed by atoms with Crippen molar-refractivity contribution in [3.63, 3.8) is 0 Å². The maximum Gasteiger partial charge on any atom is 0.130 e. The summed E-state index contributed by atoms with van der Waals surface area (Å²) >= 11 is 0. The fraction of sp³-hybridized carbons (Fsp3) is 0.364. The van der Waals surface area contributed by atoms with E-state index in [1.807, 2.05) is 18.5 Å². The minimum Gasteiger partial charge on any atom is -0.361 e. The Morgan fingerprint density at radius 2 is 2.13 bits per heavy atom. The summed E-state index contributed by atoms with van der Waals surface area (Å²) in [6.07, 6.45) is 3.89.